The van der Waals surface area contributed by atoms with E-state index in [9.17, 15) is 14.4 Å². The molecule has 0 radical (unpaired) electrons. The maximum atomic E-state index is 13.4. The first kappa shape index (κ1) is 25.0. The Morgan fingerprint density at radius 2 is 1.74 bits per heavy atom. The summed E-state index contributed by atoms with van der Waals surface area (Å²) < 4.78 is 5.56. The number of hydrogen-bond donors (Lipinski definition) is 2. The fourth-order valence-corrected chi connectivity index (χ4v) is 4.57. The second-order valence-electron chi connectivity index (χ2n) is 9.41. The number of likely N-dealkylation sites (tertiary alicyclic amines) is 1. The van der Waals surface area contributed by atoms with E-state index in [1.165, 1.54) is 5.56 Å². The van der Waals surface area contributed by atoms with Crippen molar-refractivity contribution >= 4 is 35.2 Å². The Labute approximate surface area is 211 Å². The predicted molar refractivity (Wildman–Crippen MR) is 135 cm³/mol. The molecule has 1 saturated heterocycles. The van der Waals surface area contributed by atoms with Crippen LogP contribution in [0.4, 0.5) is 10.5 Å². The van der Waals surface area contributed by atoms with Gasteiger partial charge in [0.25, 0.3) is 0 Å². The maximum absolute atomic E-state index is 13.4. The standard InChI is InChI=1S/C27H32ClN3O4/c1-2-19-7-11-22(12-8-19)30-26(34)35-18-27(13-15-31(16-14-27)24(32)20-9-10-20)25(33)29-17-21-5-3-4-6-23(21)28/h3-8,11-12,20H,2,9-10,13-18H2,1H3,(H,29,33)(H,30,34). The monoisotopic (exact) mass is 497 g/mol. The van der Waals surface area contributed by atoms with Crippen LogP contribution in [0.5, 0.6) is 0 Å². The molecule has 3 amide bonds. The maximum Gasteiger partial charge on any atom is 0.411 e. The van der Waals surface area contributed by atoms with Crippen LogP contribution in [0.2, 0.25) is 5.02 Å². The van der Waals surface area contributed by atoms with E-state index in [2.05, 4.69) is 17.6 Å². The lowest BCUT2D eigenvalue weighted by Crippen LogP contribution is -2.52. The minimum atomic E-state index is -0.912. The van der Waals surface area contributed by atoms with Gasteiger partial charge in [-0.15, -0.1) is 0 Å². The number of nitrogens with zero attached hydrogens (tertiary/aromatic N) is 1. The van der Waals surface area contributed by atoms with Crippen molar-refractivity contribution in [1.82, 2.24) is 10.2 Å². The third-order valence-corrected chi connectivity index (χ3v) is 7.29. The lowest BCUT2D eigenvalue weighted by atomic mass is 9.78. The average molecular weight is 498 g/mol. The topological polar surface area (TPSA) is 87.7 Å². The third kappa shape index (κ3) is 6.34. The summed E-state index contributed by atoms with van der Waals surface area (Å²) >= 11 is 6.24. The summed E-state index contributed by atoms with van der Waals surface area (Å²) in [5, 5.41) is 6.29. The van der Waals surface area contributed by atoms with Crippen molar-refractivity contribution in [3.63, 3.8) is 0 Å². The molecular formula is C27H32ClN3O4. The molecule has 2 fully saturated rings. The fraction of sp³-hybridized carbons (Fsp3) is 0.444. The Morgan fingerprint density at radius 1 is 1.06 bits per heavy atom. The molecule has 1 aliphatic carbocycles. The van der Waals surface area contributed by atoms with Gasteiger partial charge in [0, 0.05) is 36.3 Å². The van der Waals surface area contributed by atoms with Crippen molar-refractivity contribution in [3.05, 3.63) is 64.7 Å². The minimum Gasteiger partial charge on any atom is -0.448 e. The lowest BCUT2D eigenvalue weighted by Gasteiger charge is -2.40. The van der Waals surface area contributed by atoms with Gasteiger partial charge in [0.2, 0.25) is 11.8 Å². The molecule has 1 heterocycles. The summed E-state index contributed by atoms with van der Waals surface area (Å²) in [6.45, 7) is 3.22. The molecule has 4 rings (SSSR count). The number of carbonyl (C=O) groups excluding carboxylic acids is 3. The van der Waals surface area contributed by atoms with Gasteiger partial charge in [-0.25, -0.2) is 4.79 Å². The molecule has 2 aromatic carbocycles. The molecule has 8 heteroatoms. The summed E-state index contributed by atoms with van der Waals surface area (Å²) in [6.07, 6.45) is 3.06. The normalized spacial score (nSPS) is 16.9. The SMILES string of the molecule is CCc1ccc(NC(=O)OCC2(C(=O)NCc3ccccc3Cl)CCN(C(=O)C3CC3)CC2)cc1. The number of benzene rings is 2. The van der Waals surface area contributed by atoms with Crippen molar-refractivity contribution in [2.45, 2.75) is 45.6 Å². The van der Waals surface area contributed by atoms with Crippen LogP contribution in [0.1, 0.15) is 43.7 Å². The molecule has 0 aromatic heterocycles. The van der Waals surface area contributed by atoms with Gasteiger partial charge in [-0.3, -0.25) is 14.9 Å². The average Bonchev–Trinajstić information content (AvgIpc) is 3.73. The molecule has 0 bridgehead atoms. The van der Waals surface area contributed by atoms with Crippen molar-refractivity contribution < 1.29 is 19.1 Å². The van der Waals surface area contributed by atoms with Gasteiger partial charge in [-0.05, 0) is 61.4 Å². The van der Waals surface area contributed by atoms with Gasteiger partial charge in [0.1, 0.15) is 6.61 Å². The molecule has 1 saturated carbocycles. The number of nitrogens with one attached hydrogen (secondary N) is 2. The van der Waals surface area contributed by atoms with Crippen LogP contribution < -0.4 is 10.6 Å². The second kappa shape index (κ2) is 11.1. The number of ether oxygens (including phenoxy) is 1. The summed E-state index contributed by atoms with van der Waals surface area (Å²) in [4.78, 5) is 40.3. The number of halogens is 1. The largest absolute Gasteiger partial charge is 0.448 e. The van der Waals surface area contributed by atoms with E-state index in [1.807, 2.05) is 47.4 Å². The van der Waals surface area contributed by atoms with Gasteiger partial charge in [0.15, 0.2) is 0 Å². The number of amides is 3. The Kier molecular flexibility index (Phi) is 7.96. The van der Waals surface area contributed by atoms with Gasteiger partial charge < -0.3 is 15.0 Å². The van der Waals surface area contributed by atoms with Gasteiger partial charge >= 0.3 is 6.09 Å². The highest BCUT2D eigenvalue weighted by Gasteiger charge is 2.45. The number of hydrogen-bond acceptors (Lipinski definition) is 4. The Morgan fingerprint density at radius 3 is 2.37 bits per heavy atom. The highest BCUT2D eigenvalue weighted by Crippen LogP contribution is 2.37. The van der Waals surface area contributed by atoms with E-state index in [1.54, 1.807) is 6.07 Å². The summed E-state index contributed by atoms with van der Waals surface area (Å²) in [5.74, 6) is 0.109. The van der Waals surface area contributed by atoms with E-state index in [4.69, 9.17) is 16.3 Å². The van der Waals surface area contributed by atoms with E-state index in [-0.39, 0.29) is 30.9 Å². The molecule has 35 heavy (non-hydrogen) atoms. The number of aryl methyl sites for hydroxylation is 1. The first-order chi connectivity index (χ1) is 16.9. The summed E-state index contributed by atoms with van der Waals surface area (Å²) in [5.41, 5.74) is 1.71. The molecule has 0 unspecified atom stereocenters. The zero-order valence-electron chi connectivity index (χ0n) is 20.0. The number of piperidine rings is 1. The predicted octanol–water partition coefficient (Wildman–Crippen LogP) is 4.79. The van der Waals surface area contributed by atoms with E-state index >= 15 is 0 Å². The first-order valence-corrected chi connectivity index (χ1v) is 12.6. The minimum absolute atomic E-state index is 0.0638. The van der Waals surface area contributed by atoms with Crippen LogP contribution in [-0.4, -0.2) is 42.5 Å². The van der Waals surface area contributed by atoms with Crippen molar-refractivity contribution in [2.24, 2.45) is 11.3 Å². The molecule has 2 N–H and O–H groups in total. The van der Waals surface area contributed by atoms with Crippen molar-refractivity contribution in [1.29, 1.82) is 0 Å². The number of rotatable bonds is 8. The zero-order chi connectivity index (χ0) is 24.8. The highest BCUT2D eigenvalue weighted by molar-refractivity contribution is 6.31. The van der Waals surface area contributed by atoms with Crippen LogP contribution in [0, 0.1) is 11.3 Å². The molecule has 186 valence electrons. The van der Waals surface area contributed by atoms with Gasteiger partial charge in [-0.1, -0.05) is 48.9 Å². The Balaban J connectivity index is 1.40. The van der Waals surface area contributed by atoms with Gasteiger partial charge in [0.05, 0.1) is 5.41 Å². The number of anilines is 1. The smallest absolute Gasteiger partial charge is 0.411 e. The first-order valence-electron chi connectivity index (χ1n) is 12.2. The second-order valence-corrected chi connectivity index (χ2v) is 9.81. The van der Waals surface area contributed by atoms with E-state index in [0.29, 0.717) is 36.6 Å². The van der Waals surface area contributed by atoms with E-state index < -0.39 is 11.5 Å². The fourth-order valence-electron chi connectivity index (χ4n) is 4.37. The quantitative estimate of drug-likeness (QED) is 0.549. The molecule has 2 aliphatic rings. The Bertz CT molecular complexity index is 1060. The summed E-state index contributed by atoms with van der Waals surface area (Å²) in [7, 11) is 0. The molecule has 2 aromatic rings. The Hall–Kier alpha value is -3.06. The zero-order valence-corrected chi connectivity index (χ0v) is 20.8. The van der Waals surface area contributed by atoms with Crippen LogP contribution in [0.15, 0.2) is 48.5 Å². The molecule has 0 spiro atoms. The van der Waals surface area contributed by atoms with Crippen LogP contribution in [-0.2, 0) is 27.3 Å². The van der Waals surface area contributed by atoms with Crippen molar-refractivity contribution in [3.8, 4) is 0 Å². The lowest BCUT2D eigenvalue weighted by molar-refractivity contribution is -0.143. The van der Waals surface area contributed by atoms with Crippen LogP contribution >= 0.6 is 11.6 Å². The number of carbonyl (C=O) groups is 3. The molecule has 1 aliphatic heterocycles. The molecule has 7 nitrogen and oxygen atoms in total. The van der Waals surface area contributed by atoms with E-state index in [0.717, 1.165) is 24.8 Å². The highest BCUT2D eigenvalue weighted by atomic mass is 35.5. The van der Waals surface area contributed by atoms with Crippen molar-refractivity contribution in [2.75, 3.05) is 25.0 Å². The third-order valence-electron chi connectivity index (χ3n) is 6.93. The van der Waals surface area contributed by atoms with Crippen LogP contribution in [0.25, 0.3) is 0 Å². The molecule has 0 atom stereocenters. The molecular weight excluding hydrogens is 466 g/mol. The van der Waals surface area contributed by atoms with Gasteiger partial charge in [-0.2, -0.15) is 0 Å². The van der Waals surface area contributed by atoms with Crippen LogP contribution in [0.3, 0.4) is 0 Å². The summed E-state index contributed by atoms with van der Waals surface area (Å²) in [6, 6.07) is 14.9.